The van der Waals surface area contributed by atoms with Crippen molar-refractivity contribution in [3.05, 3.63) is 65.7 Å². The average Bonchev–Trinajstić information content (AvgIpc) is 3.37. The van der Waals surface area contributed by atoms with Crippen LogP contribution in [0.2, 0.25) is 0 Å². The molecule has 0 fully saturated rings. The predicted octanol–water partition coefficient (Wildman–Crippen LogP) is 4.05. The van der Waals surface area contributed by atoms with Crippen molar-refractivity contribution in [1.82, 2.24) is 20.1 Å². The monoisotopic (exact) mass is 434 g/mol. The van der Waals surface area contributed by atoms with Gasteiger partial charge in [0.25, 0.3) is 0 Å². The van der Waals surface area contributed by atoms with Crippen LogP contribution < -0.4 is 10.2 Å². The van der Waals surface area contributed by atoms with E-state index in [4.69, 9.17) is 4.99 Å². The van der Waals surface area contributed by atoms with Crippen molar-refractivity contribution in [2.24, 2.45) is 12.0 Å². The molecule has 7 heteroatoms. The first-order valence-electron chi connectivity index (χ1n) is 10.8. The minimum absolute atomic E-state index is 0.510. The summed E-state index contributed by atoms with van der Waals surface area (Å²) in [4.78, 5) is 7.24. The third-order valence-corrected chi connectivity index (χ3v) is 6.40. The maximum absolute atomic E-state index is 4.93. The number of fused-ring (bicyclic) bond motifs is 1. The molecule has 0 spiro atoms. The van der Waals surface area contributed by atoms with Gasteiger partial charge in [-0.1, -0.05) is 36.4 Å². The Kier molecular flexibility index (Phi) is 6.92. The number of nitrogens with one attached hydrogen (secondary N) is 1. The van der Waals surface area contributed by atoms with Crippen molar-refractivity contribution in [3.8, 4) is 11.1 Å². The first-order chi connectivity index (χ1) is 15.2. The number of hydrogen-bond donors (Lipinski definition) is 1. The van der Waals surface area contributed by atoms with Crippen LogP contribution in [0.1, 0.15) is 23.6 Å². The van der Waals surface area contributed by atoms with Gasteiger partial charge in [-0.25, -0.2) is 4.99 Å². The maximum atomic E-state index is 4.93. The summed E-state index contributed by atoms with van der Waals surface area (Å²) < 4.78 is 2.00. The Morgan fingerprint density at radius 1 is 1.13 bits per heavy atom. The largest absolute Gasteiger partial charge is 0.356 e. The van der Waals surface area contributed by atoms with Crippen LogP contribution in [0.15, 0.2) is 53.5 Å². The van der Waals surface area contributed by atoms with Gasteiger partial charge < -0.3 is 14.8 Å². The van der Waals surface area contributed by atoms with E-state index in [0.717, 1.165) is 49.3 Å². The standard InChI is InChI=1S/C24H30N6S/c1-18-27-28-23(29(18)2)17-26-24(25-13-7-15-31-3)30-14-12-21-16-20(10-11-22(21)30)19-8-5-4-6-9-19/h4-6,8-11,16H,7,12-15,17H2,1-3H3,(H,25,26). The van der Waals surface area contributed by atoms with Gasteiger partial charge in [-0.05, 0) is 60.6 Å². The van der Waals surface area contributed by atoms with Crippen molar-refractivity contribution in [2.45, 2.75) is 26.3 Å². The van der Waals surface area contributed by atoms with Crippen LogP contribution in [0, 0.1) is 6.92 Å². The van der Waals surface area contributed by atoms with Crippen molar-refractivity contribution in [3.63, 3.8) is 0 Å². The lowest BCUT2D eigenvalue weighted by molar-refractivity contribution is 0.760. The van der Waals surface area contributed by atoms with Gasteiger partial charge >= 0.3 is 0 Å². The zero-order valence-corrected chi connectivity index (χ0v) is 19.3. The summed E-state index contributed by atoms with van der Waals surface area (Å²) in [7, 11) is 1.99. The summed E-state index contributed by atoms with van der Waals surface area (Å²) in [5.74, 6) is 3.84. The molecule has 3 aromatic rings. The van der Waals surface area contributed by atoms with Crippen LogP contribution >= 0.6 is 11.8 Å². The maximum Gasteiger partial charge on any atom is 0.198 e. The molecule has 0 aliphatic carbocycles. The highest BCUT2D eigenvalue weighted by Gasteiger charge is 2.23. The number of aryl methyl sites for hydroxylation is 1. The molecule has 0 amide bonds. The molecular formula is C24H30N6S. The Bertz CT molecular complexity index is 1040. The molecule has 2 heterocycles. The second-order valence-corrected chi connectivity index (χ2v) is 8.73. The second kappa shape index (κ2) is 10.0. The molecule has 0 bridgehead atoms. The van der Waals surface area contributed by atoms with Gasteiger partial charge in [0.15, 0.2) is 11.8 Å². The Morgan fingerprint density at radius 3 is 2.71 bits per heavy atom. The van der Waals surface area contributed by atoms with Crippen LogP contribution in [0.25, 0.3) is 11.1 Å². The third-order valence-electron chi connectivity index (χ3n) is 5.70. The van der Waals surface area contributed by atoms with Gasteiger partial charge in [-0.15, -0.1) is 10.2 Å². The van der Waals surface area contributed by atoms with E-state index in [9.17, 15) is 0 Å². The fraction of sp³-hybridized carbons (Fsp3) is 0.375. The van der Waals surface area contributed by atoms with E-state index in [1.54, 1.807) is 0 Å². The molecule has 0 unspecified atom stereocenters. The minimum Gasteiger partial charge on any atom is -0.356 e. The molecule has 0 saturated carbocycles. The molecular weight excluding hydrogens is 404 g/mol. The number of benzene rings is 2. The van der Waals surface area contributed by atoms with E-state index in [0.29, 0.717) is 6.54 Å². The van der Waals surface area contributed by atoms with Crippen LogP contribution in [0.5, 0.6) is 0 Å². The average molecular weight is 435 g/mol. The molecule has 4 rings (SSSR count). The number of hydrogen-bond acceptors (Lipinski definition) is 4. The zero-order chi connectivity index (χ0) is 21.6. The number of anilines is 1. The summed E-state index contributed by atoms with van der Waals surface area (Å²) in [6, 6.07) is 17.3. The van der Waals surface area contributed by atoms with Crippen LogP contribution in [0.4, 0.5) is 5.69 Å². The highest BCUT2D eigenvalue weighted by atomic mass is 32.2. The third kappa shape index (κ3) is 4.93. The number of nitrogens with zero attached hydrogens (tertiary/aromatic N) is 5. The normalized spacial score (nSPS) is 13.5. The van der Waals surface area contributed by atoms with Gasteiger partial charge in [0.1, 0.15) is 12.4 Å². The van der Waals surface area contributed by atoms with Gasteiger partial charge in [0.2, 0.25) is 0 Å². The van der Waals surface area contributed by atoms with E-state index >= 15 is 0 Å². The molecule has 0 atom stereocenters. The van der Waals surface area contributed by atoms with Crippen LogP contribution in [0.3, 0.4) is 0 Å². The molecule has 6 nitrogen and oxygen atoms in total. The van der Waals surface area contributed by atoms with Gasteiger partial charge in [0.05, 0.1) is 0 Å². The molecule has 31 heavy (non-hydrogen) atoms. The Morgan fingerprint density at radius 2 is 1.97 bits per heavy atom. The topological polar surface area (TPSA) is 58.3 Å². The lowest BCUT2D eigenvalue weighted by atomic mass is 10.0. The molecule has 1 N–H and O–H groups in total. The highest BCUT2D eigenvalue weighted by molar-refractivity contribution is 7.98. The summed E-state index contributed by atoms with van der Waals surface area (Å²) in [6.45, 7) is 4.31. The van der Waals surface area contributed by atoms with Crippen molar-refractivity contribution in [1.29, 1.82) is 0 Å². The van der Waals surface area contributed by atoms with Gasteiger partial charge in [-0.2, -0.15) is 11.8 Å². The molecule has 1 aliphatic rings. The summed E-state index contributed by atoms with van der Waals surface area (Å²) in [5.41, 5.74) is 5.13. The van der Waals surface area contributed by atoms with E-state index in [1.165, 1.54) is 22.4 Å². The predicted molar refractivity (Wildman–Crippen MR) is 131 cm³/mol. The van der Waals surface area contributed by atoms with E-state index in [-0.39, 0.29) is 0 Å². The van der Waals surface area contributed by atoms with E-state index < -0.39 is 0 Å². The van der Waals surface area contributed by atoms with Crippen molar-refractivity contribution >= 4 is 23.4 Å². The van der Waals surface area contributed by atoms with Crippen LogP contribution in [-0.4, -0.2) is 45.8 Å². The Labute approximate surface area is 188 Å². The first kappa shape index (κ1) is 21.4. The SMILES string of the molecule is CSCCCNC(=NCc1nnc(C)n1C)N1CCc2cc(-c3ccccc3)ccc21. The highest BCUT2D eigenvalue weighted by Crippen LogP contribution is 2.32. The van der Waals surface area contributed by atoms with E-state index in [1.807, 2.05) is 30.3 Å². The van der Waals surface area contributed by atoms with Gasteiger partial charge in [0, 0.05) is 25.8 Å². The lowest BCUT2D eigenvalue weighted by Gasteiger charge is -2.23. The summed E-state index contributed by atoms with van der Waals surface area (Å²) in [5, 5.41) is 12.0. The quantitative estimate of drug-likeness (QED) is 0.345. The number of aliphatic imine (C=N–C) groups is 1. The number of thioether (sulfide) groups is 1. The summed E-state index contributed by atoms with van der Waals surface area (Å²) >= 11 is 1.87. The minimum atomic E-state index is 0.510. The Hall–Kier alpha value is -2.80. The fourth-order valence-corrected chi connectivity index (χ4v) is 4.25. The smallest absolute Gasteiger partial charge is 0.198 e. The van der Waals surface area contributed by atoms with Crippen molar-refractivity contribution in [2.75, 3.05) is 30.0 Å². The molecule has 2 aromatic carbocycles. The Balaban J connectivity index is 1.57. The molecule has 1 aliphatic heterocycles. The summed E-state index contributed by atoms with van der Waals surface area (Å²) in [6.07, 6.45) is 4.27. The fourth-order valence-electron chi connectivity index (χ4n) is 3.82. The molecule has 162 valence electrons. The van der Waals surface area contributed by atoms with E-state index in [2.05, 4.69) is 75.2 Å². The molecule has 0 radical (unpaired) electrons. The number of aromatic nitrogens is 3. The lowest BCUT2D eigenvalue weighted by Crippen LogP contribution is -2.41. The number of rotatable bonds is 7. The number of guanidine groups is 1. The van der Waals surface area contributed by atoms with Gasteiger partial charge in [-0.3, -0.25) is 0 Å². The van der Waals surface area contributed by atoms with Crippen molar-refractivity contribution < 1.29 is 0 Å². The van der Waals surface area contributed by atoms with Crippen LogP contribution in [-0.2, 0) is 20.0 Å². The zero-order valence-electron chi connectivity index (χ0n) is 18.5. The second-order valence-electron chi connectivity index (χ2n) is 7.75. The molecule has 0 saturated heterocycles. The molecule has 1 aromatic heterocycles. The first-order valence-corrected chi connectivity index (χ1v) is 12.1.